The van der Waals surface area contributed by atoms with E-state index in [1.807, 2.05) is 13.0 Å². The van der Waals surface area contributed by atoms with Gasteiger partial charge in [0.05, 0.1) is 11.8 Å². The smallest absolute Gasteiger partial charge is 0.166 e. The summed E-state index contributed by atoms with van der Waals surface area (Å²) in [4.78, 5) is 10.9. The molecule has 0 radical (unpaired) electrons. The molecular formula is C21H16F2N4O. The normalized spacial score (nSPS) is 13.0. The van der Waals surface area contributed by atoms with Gasteiger partial charge in [0, 0.05) is 37.5 Å². The molecule has 0 saturated carbocycles. The summed E-state index contributed by atoms with van der Waals surface area (Å²) in [5.74, 6) is -0.241. The lowest BCUT2D eigenvalue weighted by Gasteiger charge is -2.30. The number of aryl methyl sites for hydroxylation is 1. The zero-order valence-corrected chi connectivity index (χ0v) is 15.1. The molecule has 5 nitrogen and oxygen atoms in total. The average molecular weight is 378 g/mol. The van der Waals surface area contributed by atoms with E-state index in [0.717, 1.165) is 53.8 Å². The van der Waals surface area contributed by atoms with E-state index in [4.69, 9.17) is 10.00 Å². The van der Waals surface area contributed by atoms with Crippen molar-refractivity contribution in [2.75, 3.05) is 11.4 Å². The molecule has 0 bridgehead atoms. The van der Waals surface area contributed by atoms with E-state index in [1.54, 1.807) is 12.3 Å². The van der Waals surface area contributed by atoms with Gasteiger partial charge in [-0.25, -0.2) is 13.8 Å². The number of pyridine rings is 2. The lowest BCUT2D eigenvalue weighted by atomic mass is 10.0. The Morgan fingerprint density at radius 1 is 1.14 bits per heavy atom. The van der Waals surface area contributed by atoms with Crippen LogP contribution < -0.4 is 9.64 Å². The second kappa shape index (κ2) is 7.24. The Morgan fingerprint density at radius 2 is 2.00 bits per heavy atom. The first-order valence-corrected chi connectivity index (χ1v) is 8.76. The molecule has 0 spiro atoms. The molecule has 140 valence electrons. The number of nitrogens with zero attached hydrogens (tertiary/aromatic N) is 4. The average Bonchev–Trinajstić information content (AvgIpc) is 2.70. The summed E-state index contributed by atoms with van der Waals surface area (Å²) >= 11 is 0. The Kier molecular flexibility index (Phi) is 4.62. The van der Waals surface area contributed by atoms with E-state index in [2.05, 4.69) is 20.9 Å². The van der Waals surface area contributed by atoms with Gasteiger partial charge in [0.15, 0.2) is 11.6 Å². The van der Waals surface area contributed by atoms with Gasteiger partial charge in [-0.05, 0) is 42.3 Å². The Labute approximate surface area is 160 Å². The van der Waals surface area contributed by atoms with Gasteiger partial charge in [-0.15, -0.1) is 0 Å². The third-order valence-electron chi connectivity index (χ3n) is 4.61. The van der Waals surface area contributed by atoms with Crippen LogP contribution in [-0.4, -0.2) is 16.5 Å². The minimum absolute atomic E-state index is 0.181. The van der Waals surface area contributed by atoms with Crippen LogP contribution in [0, 0.1) is 29.9 Å². The topological polar surface area (TPSA) is 62.0 Å². The van der Waals surface area contributed by atoms with Crippen LogP contribution in [0.3, 0.4) is 0 Å². The fraction of sp³-hybridized carbons (Fsp3) is 0.190. The van der Waals surface area contributed by atoms with Crippen molar-refractivity contribution in [2.24, 2.45) is 0 Å². The Morgan fingerprint density at radius 3 is 2.79 bits per heavy atom. The first-order chi connectivity index (χ1) is 13.5. The summed E-state index contributed by atoms with van der Waals surface area (Å²) in [7, 11) is 0. The maximum Gasteiger partial charge on any atom is 0.166 e. The van der Waals surface area contributed by atoms with Crippen molar-refractivity contribution in [3.8, 4) is 17.6 Å². The van der Waals surface area contributed by atoms with Gasteiger partial charge in [-0.2, -0.15) is 5.26 Å². The molecule has 1 aromatic carbocycles. The van der Waals surface area contributed by atoms with Gasteiger partial charge in [0.25, 0.3) is 0 Å². The summed E-state index contributed by atoms with van der Waals surface area (Å²) in [6.07, 6.45) is 3.80. The number of rotatable bonds is 3. The maximum absolute atomic E-state index is 13.8. The minimum atomic E-state index is -0.641. The Hall–Kier alpha value is -3.53. The maximum atomic E-state index is 13.8. The summed E-state index contributed by atoms with van der Waals surface area (Å²) < 4.78 is 32.7. The van der Waals surface area contributed by atoms with Crippen molar-refractivity contribution in [1.29, 1.82) is 5.26 Å². The number of hydrogen-bond acceptors (Lipinski definition) is 5. The highest BCUT2D eigenvalue weighted by Crippen LogP contribution is 2.30. The van der Waals surface area contributed by atoms with Crippen molar-refractivity contribution < 1.29 is 13.5 Å². The molecule has 4 rings (SSSR count). The van der Waals surface area contributed by atoms with Crippen LogP contribution >= 0.6 is 0 Å². The quantitative estimate of drug-likeness (QED) is 0.680. The fourth-order valence-electron chi connectivity index (χ4n) is 3.28. The van der Waals surface area contributed by atoms with Crippen LogP contribution in [0.25, 0.3) is 0 Å². The monoisotopic (exact) mass is 378 g/mol. The second-order valence-corrected chi connectivity index (χ2v) is 6.60. The SMILES string of the molecule is Cc1cc(C#N)cnc1N1CCc2ncc(Oc3cc(F)ccc3F)cc2C1. The Balaban J connectivity index is 1.59. The van der Waals surface area contributed by atoms with Gasteiger partial charge >= 0.3 is 0 Å². The largest absolute Gasteiger partial charge is 0.453 e. The Bertz CT molecular complexity index is 1090. The summed E-state index contributed by atoms with van der Waals surface area (Å²) in [5, 5.41) is 9.01. The third kappa shape index (κ3) is 3.49. The number of nitriles is 1. The number of ether oxygens (including phenoxy) is 1. The van der Waals surface area contributed by atoms with Gasteiger partial charge in [0.2, 0.25) is 0 Å². The van der Waals surface area contributed by atoms with Crippen molar-refractivity contribution in [3.63, 3.8) is 0 Å². The molecule has 0 N–H and O–H groups in total. The molecule has 0 unspecified atom stereocenters. The van der Waals surface area contributed by atoms with Gasteiger partial charge in [0.1, 0.15) is 23.5 Å². The standard InChI is InChI=1S/C21H16F2N4O/c1-13-6-14(9-24)10-26-21(13)27-5-4-19-15(12-27)7-17(11-25-19)28-20-8-16(22)2-3-18(20)23/h2-3,6-8,10-11H,4-5,12H2,1H3. The van der Waals surface area contributed by atoms with E-state index in [-0.39, 0.29) is 5.75 Å². The van der Waals surface area contributed by atoms with E-state index >= 15 is 0 Å². The van der Waals surface area contributed by atoms with Crippen molar-refractivity contribution in [3.05, 3.63) is 76.7 Å². The number of halogens is 2. The predicted octanol–water partition coefficient (Wildman–Crippen LogP) is 4.29. The van der Waals surface area contributed by atoms with Crippen LogP contribution in [0.1, 0.15) is 22.4 Å². The number of fused-ring (bicyclic) bond motifs is 1. The molecule has 0 aliphatic carbocycles. The zero-order chi connectivity index (χ0) is 19.7. The number of aromatic nitrogens is 2. The molecule has 7 heteroatoms. The van der Waals surface area contributed by atoms with E-state index < -0.39 is 11.6 Å². The molecule has 0 fully saturated rings. The van der Waals surface area contributed by atoms with Crippen LogP contribution in [-0.2, 0) is 13.0 Å². The second-order valence-electron chi connectivity index (χ2n) is 6.60. The molecule has 2 aromatic heterocycles. The highest BCUT2D eigenvalue weighted by Gasteiger charge is 2.21. The van der Waals surface area contributed by atoms with Crippen LogP contribution in [0.15, 0.2) is 42.7 Å². The molecule has 0 amide bonds. The lowest BCUT2D eigenvalue weighted by molar-refractivity contribution is 0.433. The third-order valence-corrected chi connectivity index (χ3v) is 4.61. The first kappa shape index (κ1) is 17.9. The van der Waals surface area contributed by atoms with E-state index in [9.17, 15) is 8.78 Å². The summed E-state index contributed by atoms with van der Waals surface area (Å²) in [6.45, 7) is 3.23. The highest BCUT2D eigenvalue weighted by molar-refractivity contribution is 5.51. The van der Waals surface area contributed by atoms with Crippen LogP contribution in [0.2, 0.25) is 0 Å². The molecule has 28 heavy (non-hydrogen) atoms. The minimum Gasteiger partial charge on any atom is -0.453 e. The van der Waals surface area contributed by atoms with E-state index in [0.29, 0.717) is 17.9 Å². The number of benzene rings is 1. The zero-order valence-electron chi connectivity index (χ0n) is 15.1. The van der Waals surface area contributed by atoms with Crippen molar-refractivity contribution >= 4 is 5.82 Å². The first-order valence-electron chi connectivity index (χ1n) is 8.76. The van der Waals surface area contributed by atoms with Gasteiger partial charge in [-0.1, -0.05) is 0 Å². The van der Waals surface area contributed by atoms with Gasteiger partial charge in [-0.3, -0.25) is 4.98 Å². The summed E-state index contributed by atoms with van der Waals surface area (Å²) in [5.41, 5.74) is 3.32. The molecule has 1 aliphatic heterocycles. The molecule has 1 aliphatic rings. The molecular weight excluding hydrogens is 362 g/mol. The highest BCUT2D eigenvalue weighted by atomic mass is 19.1. The molecule has 3 aromatic rings. The fourth-order valence-corrected chi connectivity index (χ4v) is 3.28. The summed E-state index contributed by atoms with van der Waals surface area (Å²) in [6, 6.07) is 8.76. The molecule has 0 atom stereocenters. The number of hydrogen-bond donors (Lipinski definition) is 0. The number of anilines is 1. The van der Waals surface area contributed by atoms with Crippen molar-refractivity contribution in [2.45, 2.75) is 19.9 Å². The van der Waals surface area contributed by atoms with Gasteiger partial charge < -0.3 is 9.64 Å². The predicted molar refractivity (Wildman–Crippen MR) is 99.1 cm³/mol. The van der Waals surface area contributed by atoms with Crippen LogP contribution in [0.5, 0.6) is 11.5 Å². The van der Waals surface area contributed by atoms with Crippen molar-refractivity contribution in [1.82, 2.24) is 9.97 Å². The molecule has 0 saturated heterocycles. The lowest BCUT2D eigenvalue weighted by Crippen LogP contribution is -2.32. The van der Waals surface area contributed by atoms with Crippen LogP contribution in [0.4, 0.5) is 14.6 Å². The molecule has 3 heterocycles. The van der Waals surface area contributed by atoms with E-state index in [1.165, 1.54) is 6.20 Å².